The van der Waals surface area contributed by atoms with Crippen molar-refractivity contribution in [1.29, 1.82) is 5.41 Å². The average molecular weight is 697 g/mol. The second kappa shape index (κ2) is 19.2. The van der Waals surface area contributed by atoms with E-state index >= 15 is 0 Å². The van der Waals surface area contributed by atoms with Gasteiger partial charge >= 0.3 is 5.97 Å². The number of carbonyl (C=O) groups is 2. The van der Waals surface area contributed by atoms with Crippen LogP contribution in [0.15, 0.2) is 113 Å². The Morgan fingerprint density at radius 1 is 0.979 bits per heavy atom. The van der Waals surface area contributed by atoms with Gasteiger partial charge in [0.2, 0.25) is 5.91 Å². The number of nitrogens with zero attached hydrogens (tertiary/aromatic N) is 1. The van der Waals surface area contributed by atoms with E-state index in [4.69, 9.17) is 33.0 Å². The van der Waals surface area contributed by atoms with Crippen molar-refractivity contribution in [2.45, 2.75) is 45.6 Å². The van der Waals surface area contributed by atoms with Gasteiger partial charge < -0.3 is 20.1 Å². The number of benzene rings is 3. The second-order valence-electron chi connectivity index (χ2n) is 10.9. The van der Waals surface area contributed by atoms with Gasteiger partial charge in [0.15, 0.2) is 0 Å². The molecule has 1 unspecified atom stereocenters. The average Bonchev–Trinajstić information content (AvgIpc) is 3.04. The van der Waals surface area contributed by atoms with Crippen LogP contribution in [-0.4, -0.2) is 40.3 Å². The summed E-state index contributed by atoms with van der Waals surface area (Å²) < 4.78 is 33.5. The second-order valence-corrected chi connectivity index (χ2v) is 11.5. The van der Waals surface area contributed by atoms with Gasteiger partial charge in [0, 0.05) is 29.4 Å². The van der Waals surface area contributed by atoms with Gasteiger partial charge in [0.1, 0.15) is 29.0 Å². The minimum atomic E-state index is -1.03. The van der Waals surface area contributed by atoms with E-state index in [1.54, 1.807) is 65.7 Å². The predicted molar refractivity (Wildman–Crippen MR) is 187 cm³/mol. The van der Waals surface area contributed by atoms with E-state index in [1.165, 1.54) is 17.7 Å². The van der Waals surface area contributed by atoms with E-state index < -0.39 is 29.6 Å². The highest BCUT2D eigenvalue weighted by Gasteiger charge is 2.23. The molecule has 0 fully saturated rings. The number of amides is 1. The van der Waals surface area contributed by atoms with Gasteiger partial charge in [-0.2, -0.15) is 0 Å². The molecule has 0 aliphatic heterocycles. The fourth-order valence-electron chi connectivity index (χ4n) is 4.48. The molecule has 0 spiro atoms. The zero-order valence-corrected chi connectivity index (χ0v) is 28.1. The third-order valence-electron chi connectivity index (χ3n) is 6.96. The molecular formula is C37H37Cl2F2N3O4. The number of hydrogen-bond acceptors (Lipinski definition) is 4. The summed E-state index contributed by atoms with van der Waals surface area (Å²) in [4.78, 5) is 26.1. The minimum absolute atomic E-state index is 0.128. The topological polar surface area (TPSA) is 103 Å². The van der Waals surface area contributed by atoms with Crippen LogP contribution in [0.25, 0.3) is 0 Å². The van der Waals surface area contributed by atoms with Gasteiger partial charge in [-0.3, -0.25) is 10.2 Å². The van der Waals surface area contributed by atoms with Crippen molar-refractivity contribution in [1.82, 2.24) is 10.2 Å². The highest BCUT2D eigenvalue weighted by molar-refractivity contribution is 6.33. The molecule has 0 saturated carbocycles. The Kier molecular flexibility index (Phi) is 15.1. The van der Waals surface area contributed by atoms with E-state index in [0.717, 1.165) is 42.2 Å². The molecule has 0 aliphatic carbocycles. The van der Waals surface area contributed by atoms with Crippen LogP contribution in [0.4, 0.5) is 8.78 Å². The molecule has 48 heavy (non-hydrogen) atoms. The standard InChI is InChI=1S/C37H37Cl2F2N3O4/c1-3-4-18-44(19-16-25(2)5-10-29(39)15-17-38)36(42)34(43-35(45)23-27-20-30(40)24-31(41)21-27)22-26-6-11-32(12-7-26)48-33-13-8-28(9-14-33)37(46)47/h5-17,19-21,24,34,42H,3-4,18,22-23H2,1-2H3,(H,43,45)(H,46,47)/b17-15+,19-16+,25-5+,29-10+,42-36?. The molecule has 0 bridgehead atoms. The van der Waals surface area contributed by atoms with Crippen LogP contribution in [0.2, 0.25) is 0 Å². The lowest BCUT2D eigenvalue weighted by Crippen LogP contribution is -2.48. The molecule has 3 N–H and O–H groups in total. The summed E-state index contributed by atoms with van der Waals surface area (Å²) in [6, 6.07) is 15.3. The van der Waals surface area contributed by atoms with E-state index in [1.807, 2.05) is 19.9 Å². The number of carboxylic acid groups (broad SMARTS) is 1. The molecule has 0 radical (unpaired) electrons. The third-order valence-corrected chi connectivity index (χ3v) is 7.34. The number of amidine groups is 1. The number of ether oxygens (including phenoxy) is 1. The third kappa shape index (κ3) is 12.8. The number of nitrogens with one attached hydrogen (secondary N) is 2. The van der Waals surface area contributed by atoms with Gasteiger partial charge in [-0.1, -0.05) is 54.8 Å². The van der Waals surface area contributed by atoms with Crippen molar-refractivity contribution >= 4 is 40.9 Å². The lowest BCUT2D eigenvalue weighted by Gasteiger charge is -2.28. The number of hydrogen-bond donors (Lipinski definition) is 3. The Bertz CT molecular complexity index is 1670. The number of halogens is 4. The first-order chi connectivity index (χ1) is 23.0. The normalized spacial score (nSPS) is 12.7. The first-order valence-corrected chi connectivity index (χ1v) is 16.0. The fraction of sp³-hybridized carbons (Fsp3) is 0.216. The lowest BCUT2D eigenvalue weighted by molar-refractivity contribution is -0.120. The van der Waals surface area contributed by atoms with Crippen LogP contribution in [0.1, 0.15) is 48.2 Å². The van der Waals surface area contributed by atoms with Crippen LogP contribution >= 0.6 is 23.2 Å². The van der Waals surface area contributed by atoms with Crippen LogP contribution in [0, 0.1) is 17.0 Å². The van der Waals surface area contributed by atoms with Crippen molar-refractivity contribution in [2.75, 3.05) is 6.54 Å². The van der Waals surface area contributed by atoms with E-state index in [9.17, 15) is 23.8 Å². The summed E-state index contributed by atoms with van der Waals surface area (Å²) in [5, 5.41) is 21.6. The van der Waals surface area contributed by atoms with Crippen LogP contribution < -0.4 is 10.1 Å². The molecule has 7 nitrogen and oxygen atoms in total. The molecule has 0 aromatic heterocycles. The molecule has 1 atom stereocenters. The molecule has 3 aromatic rings. The van der Waals surface area contributed by atoms with Crippen molar-refractivity contribution in [3.8, 4) is 11.5 Å². The summed E-state index contributed by atoms with van der Waals surface area (Å²) in [5.41, 5.74) is 3.27. The SMILES string of the molecule is CCCCN(/C=C/C(C)=C/C=C(Cl)\C=C\Cl)C(=N)C(Cc1ccc(Oc2ccc(C(=O)O)cc2)cc1)NC(=O)Cc1cc(F)cc(F)c1. The lowest BCUT2D eigenvalue weighted by atomic mass is 10.0. The van der Waals surface area contributed by atoms with Crippen LogP contribution in [0.5, 0.6) is 11.5 Å². The summed E-state index contributed by atoms with van der Waals surface area (Å²) >= 11 is 11.7. The summed E-state index contributed by atoms with van der Waals surface area (Å²) in [6.45, 7) is 4.43. The molecule has 1 amide bonds. The van der Waals surface area contributed by atoms with Crippen LogP contribution in [0.3, 0.4) is 0 Å². The Labute approximate surface area is 289 Å². The maximum Gasteiger partial charge on any atom is 0.335 e. The number of allylic oxidation sites excluding steroid dienone is 6. The first kappa shape index (κ1) is 37.7. The number of unbranched alkanes of at least 4 members (excludes halogenated alkanes) is 1. The zero-order valence-electron chi connectivity index (χ0n) is 26.6. The van der Waals surface area contributed by atoms with Gasteiger partial charge in [-0.15, -0.1) is 0 Å². The Morgan fingerprint density at radius 2 is 1.60 bits per heavy atom. The van der Waals surface area contributed by atoms with Gasteiger partial charge in [0.05, 0.1) is 18.0 Å². The molecule has 11 heteroatoms. The van der Waals surface area contributed by atoms with Crippen molar-refractivity contribution < 1.29 is 28.2 Å². The molecular weight excluding hydrogens is 659 g/mol. The number of carboxylic acids is 1. The first-order valence-electron chi connectivity index (χ1n) is 15.2. The smallest absolute Gasteiger partial charge is 0.335 e. The molecule has 0 saturated heterocycles. The maximum atomic E-state index is 13.8. The van der Waals surface area contributed by atoms with Crippen molar-refractivity contribution in [3.63, 3.8) is 0 Å². The van der Waals surface area contributed by atoms with Gasteiger partial charge in [-0.25, -0.2) is 13.6 Å². The van der Waals surface area contributed by atoms with Gasteiger partial charge in [0.25, 0.3) is 0 Å². The van der Waals surface area contributed by atoms with Crippen molar-refractivity contribution in [3.05, 3.63) is 142 Å². The van der Waals surface area contributed by atoms with Gasteiger partial charge in [-0.05, 0) is 103 Å². The Morgan fingerprint density at radius 3 is 2.19 bits per heavy atom. The van der Waals surface area contributed by atoms with E-state index in [0.29, 0.717) is 23.1 Å². The Hall–Kier alpha value is -4.73. The zero-order chi connectivity index (χ0) is 35.1. The van der Waals surface area contributed by atoms with E-state index in [2.05, 4.69) is 5.32 Å². The maximum absolute atomic E-state index is 13.8. The highest BCUT2D eigenvalue weighted by atomic mass is 35.5. The minimum Gasteiger partial charge on any atom is -0.478 e. The quantitative estimate of drug-likeness (QED) is 0.0788. The number of carbonyl (C=O) groups excluding carboxylic acids is 1. The predicted octanol–water partition coefficient (Wildman–Crippen LogP) is 9.14. The molecule has 3 rings (SSSR count). The summed E-state index contributed by atoms with van der Waals surface area (Å²) in [7, 11) is 0. The molecule has 252 valence electrons. The summed E-state index contributed by atoms with van der Waals surface area (Å²) in [5.74, 6) is -1.99. The largest absolute Gasteiger partial charge is 0.478 e. The summed E-state index contributed by atoms with van der Waals surface area (Å²) in [6.07, 6.45) is 10.3. The molecule has 0 aliphatic rings. The van der Waals surface area contributed by atoms with Crippen LogP contribution in [-0.2, 0) is 17.6 Å². The van der Waals surface area contributed by atoms with E-state index in [-0.39, 0.29) is 29.8 Å². The molecule has 0 heterocycles. The van der Waals surface area contributed by atoms with Crippen molar-refractivity contribution in [2.24, 2.45) is 0 Å². The monoisotopic (exact) mass is 695 g/mol. The fourth-order valence-corrected chi connectivity index (χ4v) is 4.81. The Balaban J connectivity index is 1.85. The number of rotatable bonds is 16. The highest BCUT2D eigenvalue weighted by Crippen LogP contribution is 2.23. The number of aromatic carboxylic acids is 1. The molecule has 3 aromatic carbocycles.